The predicted molar refractivity (Wildman–Crippen MR) is 73.3 cm³/mol. The summed E-state index contributed by atoms with van der Waals surface area (Å²) in [6.45, 7) is -0.540. The summed E-state index contributed by atoms with van der Waals surface area (Å²) in [6.07, 6.45) is 1.50. The lowest BCUT2D eigenvalue weighted by Gasteiger charge is -2.20. The third-order valence-corrected chi connectivity index (χ3v) is 5.45. The van der Waals surface area contributed by atoms with Crippen LogP contribution in [0.15, 0.2) is 23.1 Å². The molecule has 3 rings (SSSR count). The van der Waals surface area contributed by atoms with Crippen LogP contribution in [0, 0.1) is 0 Å². The first-order valence-corrected chi connectivity index (χ1v) is 7.98. The number of carboxylic acids is 1. The number of aliphatic carboxylic acids is 1. The van der Waals surface area contributed by atoms with Crippen molar-refractivity contribution in [2.45, 2.75) is 30.2 Å². The molecule has 1 aromatic carbocycles. The van der Waals surface area contributed by atoms with E-state index in [2.05, 4.69) is 5.32 Å². The maximum absolute atomic E-state index is 12.6. The Hall–Kier alpha value is -1.93. The smallest absolute Gasteiger partial charge is 0.318 e. The van der Waals surface area contributed by atoms with Gasteiger partial charge in [0, 0.05) is 11.7 Å². The highest BCUT2D eigenvalue weighted by Crippen LogP contribution is 2.33. The van der Waals surface area contributed by atoms with Crippen LogP contribution in [0.1, 0.15) is 18.4 Å². The number of nitrogens with zero attached hydrogens (tertiary/aromatic N) is 1. The van der Waals surface area contributed by atoms with Crippen molar-refractivity contribution >= 4 is 27.6 Å². The molecule has 0 atom stereocenters. The van der Waals surface area contributed by atoms with E-state index in [4.69, 9.17) is 5.11 Å². The van der Waals surface area contributed by atoms with E-state index in [0.717, 1.165) is 4.31 Å². The van der Waals surface area contributed by atoms with Crippen molar-refractivity contribution in [2.75, 3.05) is 11.9 Å². The Morgan fingerprint density at radius 1 is 1.38 bits per heavy atom. The van der Waals surface area contributed by atoms with E-state index in [9.17, 15) is 18.0 Å². The Labute approximate surface area is 121 Å². The number of rotatable bonds is 5. The highest BCUT2D eigenvalue weighted by Gasteiger charge is 2.39. The van der Waals surface area contributed by atoms with Crippen LogP contribution in [0.3, 0.4) is 0 Å². The van der Waals surface area contributed by atoms with Gasteiger partial charge in [0.15, 0.2) is 0 Å². The minimum absolute atomic E-state index is 0.0332. The molecule has 1 heterocycles. The molecule has 0 bridgehead atoms. The molecule has 1 saturated carbocycles. The zero-order chi connectivity index (χ0) is 15.2. The summed E-state index contributed by atoms with van der Waals surface area (Å²) < 4.78 is 26.2. The number of sulfonamides is 1. The summed E-state index contributed by atoms with van der Waals surface area (Å²) in [7, 11) is -3.86. The fourth-order valence-electron chi connectivity index (χ4n) is 2.41. The van der Waals surface area contributed by atoms with E-state index in [1.807, 2.05) is 0 Å². The molecule has 2 aliphatic rings. The molecule has 0 radical (unpaired) electrons. The van der Waals surface area contributed by atoms with Crippen LogP contribution in [0.4, 0.5) is 5.69 Å². The molecule has 1 aromatic rings. The lowest BCUT2D eigenvalue weighted by molar-refractivity contribution is -0.137. The van der Waals surface area contributed by atoms with Crippen molar-refractivity contribution in [3.8, 4) is 0 Å². The Bertz CT molecular complexity index is 724. The van der Waals surface area contributed by atoms with Gasteiger partial charge in [-0.2, -0.15) is 4.31 Å². The van der Waals surface area contributed by atoms with E-state index in [0.29, 0.717) is 24.1 Å². The number of carboxylic acid groups (broad SMARTS) is 1. The summed E-state index contributed by atoms with van der Waals surface area (Å²) in [5, 5.41) is 11.5. The highest BCUT2D eigenvalue weighted by molar-refractivity contribution is 7.89. The predicted octanol–water partition coefficient (Wildman–Crippen LogP) is 0.419. The van der Waals surface area contributed by atoms with E-state index >= 15 is 0 Å². The summed E-state index contributed by atoms with van der Waals surface area (Å²) in [5.74, 6) is -1.35. The van der Waals surface area contributed by atoms with Crippen LogP contribution < -0.4 is 5.32 Å². The lowest BCUT2D eigenvalue weighted by Crippen LogP contribution is -2.37. The molecule has 0 spiro atoms. The molecule has 0 aromatic heterocycles. The third kappa shape index (κ3) is 2.64. The highest BCUT2D eigenvalue weighted by atomic mass is 32.2. The van der Waals surface area contributed by atoms with Crippen molar-refractivity contribution in [3.63, 3.8) is 0 Å². The van der Waals surface area contributed by atoms with Gasteiger partial charge in [0.2, 0.25) is 15.9 Å². The van der Waals surface area contributed by atoms with Crippen molar-refractivity contribution < 1.29 is 23.1 Å². The molecule has 1 fully saturated rings. The zero-order valence-electron chi connectivity index (χ0n) is 11.1. The van der Waals surface area contributed by atoms with Crippen molar-refractivity contribution in [1.29, 1.82) is 0 Å². The second-order valence-corrected chi connectivity index (χ2v) is 7.11. The summed E-state index contributed by atoms with van der Waals surface area (Å²) in [5.41, 5.74) is 1.22. The molecular weight excluding hydrogens is 296 g/mol. The van der Waals surface area contributed by atoms with Gasteiger partial charge in [0.1, 0.15) is 6.54 Å². The quantitative estimate of drug-likeness (QED) is 0.820. The molecule has 112 valence electrons. The van der Waals surface area contributed by atoms with Crippen LogP contribution in [-0.2, 0) is 26.0 Å². The van der Waals surface area contributed by atoms with E-state index in [-0.39, 0.29) is 23.3 Å². The summed E-state index contributed by atoms with van der Waals surface area (Å²) in [4.78, 5) is 22.2. The van der Waals surface area contributed by atoms with Gasteiger partial charge in [-0.15, -0.1) is 0 Å². The number of nitrogens with one attached hydrogen (secondary N) is 1. The van der Waals surface area contributed by atoms with Gasteiger partial charge in [0.05, 0.1) is 11.3 Å². The molecule has 7 nitrogen and oxygen atoms in total. The number of benzene rings is 1. The molecule has 0 unspecified atom stereocenters. The van der Waals surface area contributed by atoms with E-state index in [1.165, 1.54) is 12.1 Å². The summed E-state index contributed by atoms with van der Waals surface area (Å²) in [6, 6.07) is 4.15. The van der Waals surface area contributed by atoms with Crippen LogP contribution in [0.25, 0.3) is 0 Å². The standard InChI is InChI=1S/C13H14N2O5S/c16-12-6-8-5-10(3-4-11(8)14-12)21(19,20)15(7-13(17)18)9-1-2-9/h3-5,9H,1-2,6-7H2,(H,14,16)(H,17,18). The Balaban J connectivity index is 1.96. The number of anilines is 1. The van der Waals surface area contributed by atoms with Gasteiger partial charge in [0.25, 0.3) is 0 Å². The van der Waals surface area contributed by atoms with Crippen molar-refractivity contribution in [1.82, 2.24) is 4.31 Å². The Morgan fingerprint density at radius 2 is 2.10 bits per heavy atom. The van der Waals surface area contributed by atoms with Crippen molar-refractivity contribution in [3.05, 3.63) is 23.8 Å². The molecule has 1 aliphatic heterocycles. The molecule has 21 heavy (non-hydrogen) atoms. The van der Waals surface area contributed by atoms with Gasteiger partial charge in [-0.25, -0.2) is 8.42 Å². The maximum atomic E-state index is 12.6. The third-order valence-electron chi connectivity index (χ3n) is 3.55. The lowest BCUT2D eigenvalue weighted by atomic mass is 10.2. The van der Waals surface area contributed by atoms with Crippen LogP contribution in [-0.4, -0.2) is 42.3 Å². The largest absolute Gasteiger partial charge is 0.480 e. The summed E-state index contributed by atoms with van der Waals surface area (Å²) >= 11 is 0. The Morgan fingerprint density at radius 3 is 2.71 bits per heavy atom. The number of carbonyl (C=O) groups excluding carboxylic acids is 1. The number of hydrogen-bond acceptors (Lipinski definition) is 4. The van der Waals surface area contributed by atoms with Gasteiger partial charge >= 0.3 is 5.97 Å². The minimum atomic E-state index is -3.86. The first kappa shape index (κ1) is 14.0. The topological polar surface area (TPSA) is 104 Å². The second-order valence-electron chi connectivity index (χ2n) is 5.22. The molecular formula is C13H14N2O5S. The SMILES string of the molecule is O=C(O)CN(C1CC1)S(=O)(=O)c1ccc2c(c1)CC(=O)N2. The van der Waals surface area contributed by atoms with E-state index < -0.39 is 22.5 Å². The van der Waals surface area contributed by atoms with Crippen molar-refractivity contribution in [2.24, 2.45) is 0 Å². The van der Waals surface area contributed by atoms with E-state index in [1.54, 1.807) is 6.07 Å². The second kappa shape index (κ2) is 4.81. The van der Waals surface area contributed by atoms with Gasteiger partial charge < -0.3 is 10.4 Å². The van der Waals surface area contributed by atoms with Crippen LogP contribution in [0.2, 0.25) is 0 Å². The molecule has 0 saturated heterocycles. The molecule has 1 aliphatic carbocycles. The van der Waals surface area contributed by atoms with Crippen LogP contribution in [0.5, 0.6) is 0 Å². The molecule has 1 amide bonds. The number of fused-ring (bicyclic) bond motifs is 1. The minimum Gasteiger partial charge on any atom is -0.480 e. The van der Waals surface area contributed by atoms with Gasteiger partial charge in [-0.05, 0) is 36.6 Å². The van der Waals surface area contributed by atoms with Crippen LogP contribution >= 0.6 is 0 Å². The fourth-order valence-corrected chi connectivity index (χ4v) is 4.09. The monoisotopic (exact) mass is 310 g/mol. The first-order chi connectivity index (χ1) is 9.88. The first-order valence-electron chi connectivity index (χ1n) is 6.54. The number of carbonyl (C=O) groups is 2. The average Bonchev–Trinajstić information content (AvgIpc) is 3.15. The fraction of sp³-hybridized carbons (Fsp3) is 0.385. The molecule has 2 N–H and O–H groups in total. The zero-order valence-corrected chi connectivity index (χ0v) is 11.9. The number of hydrogen-bond donors (Lipinski definition) is 2. The Kier molecular flexibility index (Phi) is 3.22. The molecule has 8 heteroatoms. The van der Waals surface area contributed by atoms with Gasteiger partial charge in [-0.1, -0.05) is 0 Å². The normalized spacial score (nSPS) is 17.7. The van der Waals surface area contributed by atoms with Gasteiger partial charge in [-0.3, -0.25) is 9.59 Å². The number of amides is 1. The average molecular weight is 310 g/mol. The maximum Gasteiger partial charge on any atom is 0.318 e.